The minimum atomic E-state index is -3.50. The average molecular weight is 163 g/mol. The van der Waals surface area contributed by atoms with Gasteiger partial charge in [0.05, 0.1) is 0 Å². The van der Waals surface area contributed by atoms with Crippen LogP contribution in [0.15, 0.2) is 12.4 Å². The van der Waals surface area contributed by atoms with Gasteiger partial charge in [0.15, 0.2) is 0 Å². The third kappa shape index (κ3) is 1.22. The summed E-state index contributed by atoms with van der Waals surface area (Å²) in [7, 11) is -1.87. The van der Waals surface area contributed by atoms with Crippen LogP contribution in [0.4, 0.5) is 0 Å². The van der Waals surface area contributed by atoms with Crippen molar-refractivity contribution in [2.45, 2.75) is 5.50 Å². The standard InChI is InChI=1S/C4H9N3O2S/c1-7-3-2-6-4(7)10(5,8)9/h2-4,6H,1H3,(H2,5,8,9). The number of rotatable bonds is 1. The van der Waals surface area contributed by atoms with Gasteiger partial charge in [0.25, 0.3) is 0 Å². The maximum atomic E-state index is 10.7. The fraction of sp³-hybridized carbons (Fsp3) is 0.500. The van der Waals surface area contributed by atoms with Gasteiger partial charge in [-0.2, -0.15) is 0 Å². The molecule has 0 saturated carbocycles. The van der Waals surface area contributed by atoms with Crippen molar-refractivity contribution < 1.29 is 8.42 Å². The molecule has 58 valence electrons. The van der Waals surface area contributed by atoms with Crippen molar-refractivity contribution in [1.29, 1.82) is 0 Å². The van der Waals surface area contributed by atoms with Gasteiger partial charge in [-0.15, -0.1) is 0 Å². The third-order valence-electron chi connectivity index (χ3n) is 1.23. The minimum Gasteiger partial charge on any atom is -0.356 e. The van der Waals surface area contributed by atoms with Gasteiger partial charge < -0.3 is 10.2 Å². The van der Waals surface area contributed by atoms with E-state index >= 15 is 0 Å². The van der Waals surface area contributed by atoms with E-state index in [0.717, 1.165) is 0 Å². The van der Waals surface area contributed by atoms with Gasteiger partial charge in [-0.1, -0.05) is 0 Å². The predicted molar refractivity (Wildman–Crippen MR) is 36.9 cm³/mol. The third-order valence-corrected chi connectivity index (χ3v) is 2.32. The van der Waals surface area contributed by atoms with E-state index in [1.165, 1.54) is 11.1 Å². The number of sulfonamides is 1. The molecule has 1 aliphatic rings. The molecule has 1 heterocycles. The molecular weight excluding hydrogens is 154 g/mol. The lowest BCUT2D eigenvalue weighted by Crippen LogP contribution is -2.44. The minimum absolute atomic E-state index is 0.799. The van der Waals surface area contributed by atoms with Gasteiger partial charge in [-0.05, 0) is 0 Å². The van der Waals surface area contributed by atoms with Gasteiger partial charge in [0, 0.05) is 19.4 Å². The molecule has 0 radical (unpaired) electrons. The molecule has 10 heavy (non-hydrogen) atoms. The first kappa shape index (κ1) is 7.36. The van der Waals surface area contributed by atoms with Crippen molar-refractivity contribution in [3.63, 3.8) is 0 Å². The molecule has 0 aliphatic carbocycles. The Kier molecular flexibility index (Phi) is 1.57. The fourth-order valence-corrected chi connectivity index (χ4v) is 1.57. The van der Waals surface area contributed by atoms with Crippen molar-refractivity contribution in [3.8, 4) is 0 Å². The zero-order valence-electron chi connectivity index (χ0n) is 5.48. The van der Waals surface area contributed by atoms with Crippen LogP contribution < -0.4 is 10.5 Å². The van der Waals surface area contributed by atoms with Crippen LogP contribution >= 0.6 is 0 Å². The molecular formula is C4H9N3O2S. The van der Waals surface area contributed by atoms with E-state index in [4.69, 9.17) is 5.14 Å². The van der Waals surface area contributed by atoms with E-state index in [2.05, 4.69) is 5.32 Å². The largest absolute Gasteiger partial charge is 0.356 e. The molecule has 1 unspecified atom stereocenters. The van der Waals surface area contributed by atoms with Crippen LogP contribution in [0.1, 0.15) is 0 Å². The highest BCUT2D eigenvalue weighted by Crippen LogP contribution is 2.04. The Balaban J connectivity index is 2.79. The van der Waals surface area contributed by atoms with Gasteiger partial charge in [0.1, 0.15) is 0 Å². The molecule has 0 saturated heterocycles. The second-order valence-electron chi connectivity index (χ2n) is 2.09. The maximum Gasteiger partial charge on any atom is 0.249 e. The first-order valence-corrected chi connectivity index (χ1v) is 4.29. The van der Waals surface area contributed by atoms with Crippen molar-refractivity contribution >= 4 is 10.0 Å². The predicted octanol–water partition coefficient (Wildman–Crippen LogP) is -1.44. The van der Waals surface area contributed by atoms with E-state index in [9.17, 15) is 8.42 Å². The van der Waals surface area contributed by atoms with Gasteiger partial charge in [0.2, 0.25) is 15.5 Å². The van der Waals surface area contributed by atoms with Gasteiger partial charge in [-0.25, -0.2) is 13.6 Å². The van der Waals surface area contributed by atoms with E-state index in [1.54, 1.807) is 13.2 Å². The molecule has 0 aromatic heterocycles. The molecule has 1 rings (SSSR count). The summed E-state index contributed by atoms with van der Waals surface area (Å²) < 4.78 is 21.4. The van der Waals surface area contributed by atoms with Crippen LogP contribution in [0.2, 0.25) is 0 Å². The summed E-state index contributed by atoms with van der Waals surface area (Å²) in [5.74, 6) is 0. The van der Waals surface area contributed by atoms with E-state index in [-0.39, 0.29) is 0 Å². The average Bonchev–Trinajstić information content (AvgIpc) is 2.11. The first-order valence-electron chi connectivity index (χ1n) is 2.68. The van der Waals surface area contributed by atoms with Crippen LogP contribution in [-0.2, 0) is 10.0 Å². The SMILES string of the molecule is CN1C=CNC1S(N)(=O)=O. The summed E-state index contributed by atoms with van der Waals surface area (Å²) in [6, 6.07) is 0. The number of nitrogens with zero attached hydrogens (tertiary/aromatic N) is 1. The van der Waals surface area contributed by atoms with Gasteiger partial charge >= 0.3 is 0 Å². The molecule has 3 N–H and O–H groups in total. The highest BCUT2D eigenvalue weighted by molar-refractivity contribution is 7.89. The van der Waals surface area contributed by atoms with Crippen LogP contribution in [0, 0.1) is 0 Å². The highest BCUT2D eigenvalue weighted by Gasteiger charge is 2.25. The van der Waals surface area contributed by atoms with Crippen molar-refractivity contribution in [2.24, 2.45) is 5.14 Å². The normalized spacial score (nSPS) is 25.0. The molecule has 0 aromatic rings. The topological polar surface area (TPSA) is 75.4 Å². The zero-order valence-corrected chi connectivity index (χ0v) is 6.30. The van der Waals surface area contributed by atoms with Crippen molar-refractivity contribution in [1.82, 2.24) is 10.2 Å². The lowest BCUT2D eigenvalue weighted by molar-refractivity contribution is 0.409. The smallest absolute Gasteiger partial charge is 0.249 e. The monoisotopic (exact) mass is 163 g/mol. The van der Waals surface area contributed by atoms with E-state index < -0.39 is 15.5 Å². The van der Waals surface area contributed by atoms with Crippen LogP contribution in [0.25, 0.3) is 0 Å². The Morgan fingerprint density at radius 2 is 2.30 bits per heavy atom. The molecule has 0 amide bonds. The van der Waals surface area contributed by atoms with Crippen LogP contribution in [-0.4, -0.2) is 25.9 Å². The number of nitrogens with two attached hydrogens (primary N) is 1. The molecule has 1 atom stereocenters. The fourth-order valence-electron chi connectivity index (χ4n) is 0.765. The second kappa shape index (κ2) is 2.14. The summed E-state index contributed by atoms with van der Waals surface area (Å²) >= 11 is 0. The Morgan fingerprint density at radius 3 is 2.50 bits per heavy atom. The lowest BCUT2D eigenvalue weighted by Gasteiger charge is -2.17. The highest BCUT2D eigenvalue weighted by atomic mass is 32.2. The number of hydrogen-bond acceptors (Lipinski definition) is 4. The summed E-state index contributed by atoms with van der Waals surface area (Å²) in [5.41, 5.74) is -0.799. The molecule has 1 aliphatic heterocycles. The molecule has 6 heteroatoms. The summed E-state index contributed by atoms with van der Waals surface area (Å²) in [5, 5.41) is 7.44. The molecule has 0 fully saturated rings. The number of hydrogen-bond donors (Lipinski definition) is 2. The lowest BCUT2D eigenvalue weighted by atomic mass is 10.9. The zero-order chi connectivity index (χ0) is 7.78. The quantitative estimate of drug-likeness (QED) is 0.496. The van der Waals surface area contributed by atoms with Crippen LogP contribution in [0.3, 0.4) is 0 Å². The van der Waals surface area contributed by atoms with Crippen LogP contribution in [0.5, 0.6) is 0 Å². The Bertz CT molecular complexity index is 245. The van der Waals surface area contributed by atoms with Gasteiger partial charge in [-0.3, -0.25) is 0 Å². The Morgan fingerprint density at radius 1 is 1.70 bits per heavy atom. The summed E-state index contributed by atoms with van der Waals surface area (Å²) in [6.45, 7) is 0. The maximum absolute atomic E-state index is 10.7. The Hall–Kier alpha value is -0.750. The molecule has 0 spiro atoms. The Labute approximate surface area is 59.5 Å². The number of primary sulfonamides is 1. The second-order valence-corrected chi connectivity index (χ2v) is 3.71. The molecule has 5 nitrogen and oxygen atoms in total. The van der Waals surface area contributed by atoms with E-state index in [1.807, 2.05) is 0 Å². The number of nitrogens with one attached hydrogen (secondary N) is 1. The molecule has 0 bridgehead atoms. The summed E-state index contributed by atoms with van der Waals surface area (Å²) in [6.07, 6.45) is 3.14. The van der Waals surface area contributed by atoms with Crippen molar-refractivity contribution in [3.05, 3.63) is 12.4 Å². The van der Waals surface area contributed by atoms with Crippen molar-refractivity contribution in [2.75, 3.05) is 7.05 Å². The summed E-state index contributed by atoms with van der Waals surface area (Å²) in [4.78, 5) is 1.48. The first-order chi connectivity index (χ1) is 4.52. The van der Waals surface area contributed by atoms with E-state index in [0.29, 0.717) is 0 Å². The molecule has 0 aromatic carbocycles.